The van der Waals surface area contributed by atoms with Crippen molar-refractivity contribution in [3.8, 4) is 0 Å². The number of rotatable bonds is 3. The Bertz CT molecular complexity index is 731. The minimum absolute atomic E-state index is 0.0879. The average molecular weight is 350 g/mol. The van der Waals surface area contributed by atoms with E-state index in [0.717, 1.165) is 11.6 Å². The first-order chi connectivity index (χ1) is 11.9. The molecule has 0 aromatic heterocycles. The Labute approximate surface area is 144 Å². The molecule has 3 rings (SSSR count). The number of hydrogen-bond acceptors (Lipinski definition) is 4. The summed E-state index contributed by atoms with van der Waals surface area (Å²) < 4.78 is 40.9. The van der Waals surface area contributed by atoms with Gasteiger partial charge in [-0.2, -0.15) is 13.2 Å². The number of nitrogens with zero attached hydrogens (tertiary/aromatic N) is 1. The average Bonchev–Trinajstić information content (AvgIpc) is 2.61. The summed E-state index contributed by atoms with van der Waals surface area (Å²) in [7, 11) is 1.65. The van der Waals surface area contributed by atoms with Gasteiger partial charge in [0.15, 0.2) is 0 Å². The third-order valence-electron chi connectivity index (χ3n) is 4.48. The van der Waals surface area contributed by atoms with Crippen LogP contribution in [0.15, 0.2) is 42.5 Å². The highest BCUT2D eigenvalue weighted by atomic mass is 19.4. The number of halogens is 3. The molecule has 1 heterocycles. The van der Waals surface area contributed by atoms with Crippen molar-refractivity contribution >= 4 is 17.1 Å². The van der Waals surface area contributed by atoms with Crippen molar-refractivity contribution in [1.82, 2.24) is 5.32 Å². The molecule has 7 heteroatoms. The molecule has 1 atom stereocenters. The number of alkyl halides is 3. The minimum Gasteiger partial charge on any atom is -0.397 e. The van der Waals surface area contributed by atoms with E-state index in [-0.39, 0.29) is 17.4 Å². The lowest BCUT2D eigenvalue weighted by molar-refractivity contribution is -0.137. The molecular weight excluding hydrogens is 329 g/mol. The molecule has 25 heavy (non-hydrogen) atoms. The van der Waals surface area contributed by atoms with E-state index in [9.17, 15) is 13.2 Å². The standard InChI is InChI=1S/C18H21F3N4/c1-23-15-10-16(13(9-14(15)22)18(19,20)21)25-8-7-24-11-17(25)12-5-3-2-4-6-12/h2-6,9-10,17,23-24H,7-8,11,22H2,1H3. The van der Waals surface area contributed by atoms with Crippen molar-refractivity contribution in [2.45, 2.75) is 12.2 Å². The lowest BCUT2D eigenvalue weighted by Crippen LogP contribution is -2.46. The molecule has 4 nitrogen and oxygen atoms in total. The zero-order valence-corrected chi connectivity index (χ0v) is 13.9. The summed E-state index contributed by atoms with van der Waals surface area (Å²) in [5, 5.41) is 6.14. The van der Waals surface area contributed by atoms with Crippen molar-refractivity contribution in [2.24, 2.45) is 0 Å². The molecule has 0 radical (unpaired) electrons. The van der Waals surface area contributed by atoms with Gasteiger partial charge in [0.2, 0.25) is 0 Å². The van der Waals surface area contributed by atoms with Crippen LogP contribution in [0.3, 0.4) is 0 Å². The van der Waals surface area contributed by atoms with E-state index < -0.39 is 11.7 Å². The topological polar surface area (TPSA) is 53.3 Å². The van der Waals surface area contributed by atoms with Crippen LogP contribution >= 0.6 is 0 Å². The number of hydrogen-bond donors (Lipinski definition) is 3. The number of piperazine rings is 1. The first-order valence-electron chi connectivity index (χ1n) is 8.12. The highest BCUT2D eigenvalue weighted by molar-refractivity contribution is 5.76. The van der Waals surface area contributed by atoms with Crippen LogP contribution in [0.25, 0.3) is 0 Å². The molecule has 1 aliphatic heterocycles. The second-order valence-corrected chi connectivity index (χ2v) is 6.03. The van der Waals surface area contributed by atoms with Crippen LogP contribution in [-0.4, -0.2) is 26.7 Å². The first kappa shape index (κ1) is 17.4. The van der Waals surface area contributed by atoms with Gasteiger partial charge < -0.3 is 21.3 Å². The minimum atomic E-state index is -4.47. The predicted molar refractivity (Wildman–Crippen MR) is 94.8 cm³/mol. The molecule has 0 bridgehead atoms. The Morgan fingerprint density at radius 2 is 1.92 bits per heavy atom. The molecule has 0 amide bonds. The number of nitrogen functional groups attached to an aromatic ring is 1. The van der Waals surface area contributed by atoms with Gasteiger partial charge in [-0.15, -0.1) is 0 Å². The number of benzene rings is 2. The maximum absolute atomic E-state index is 13.6. The van der Waals surface area contributed by atoms with Gasteiger partial charge in [0.25, 0.3) is 0 Å². The highest BCUT2D eigenvalue weighted by Crippen LogP contribution is 2.43. The third-order valence-corrected chi connectivity index (χ3v) is 4.48. The van der Waals surface area contributed by atoms with Crippen LogP contribution in [0, 0.1) is 0 Å². The van der Waals surface area contributed by atoms with Gasteiger partial charge >= 0.3 is 6.18 Å². The van der Waals surface area contributed by atoms with Gasteiger partial charge in [-0.25, -0.2) is 0 Å². The summed E-state index contributed by atoms with van der Waals surface area (Å²) in [5.41, 5.74) is 6.79. The maximum atomic E-state index is 13.6. The molecule has 0 spiro atoms. The van der Waals surface area contributed by atoms with Gasteiger partial charge in [0, 0.05) is 26.7 Å². The summed E-state index contributed by atoms with van der Waals surface area (Å²) in [6, 6.07) is 11.9. The highest BCUT2D eigenvalue weighted by Gasteiger charge is 2.38. The van der Waals surface area contributed by atoms with Gasteiger partial charge in [-0.05, 0) is 17.7 Å². The molecule has 134 valence electrons. The van der Waals surface area contributed by atoms with E-state index in [4.69, 9.17) is 5.73 Å². The molecule has 1 fully saturated rings. The monoisotopic (exact) mass is 350 g/mol. The fraction of sp³-hybridized carbons (Fsp3) is 0.333. The quantitative estimate of drug-likeness (QED) is 0.742. The largest absolute Gasteiger partial charge is 0.418 e. The van der Waals surface area contributed by atoms with Crippen LogP contribution in [0.5, 0.6) is 0 Å². The zero-order chi connectivity index (χ0) is 18.0. The van der Waals surface area contributed by atoms with E-state index in [0.29, 0.717) is 25.3 Å². The van der Waals surface area contributed by atoms with Crippen LogP contribution in [0.1, 0.15) is 17.2 Å². The van der Waals surface area contributed by atoms with Crippen LogP contribution in [-0.2, 0) is 6.18 Å². The third kappa shape index (κ3) is 3.51. The van der Waals surface area contributed by atoms with Crippen molar-refractivity contribution in [3.63, 3.8) is 0 Å². The molecule has 1 unspecified atom stereocenters. The molecule has 2 aromatic rings. The molecular formula is C18H21F3N4. The Balaban J connectivity index is 2.11. The maximum Gasteiger partial charge on any atom is 0.418 e. The van der Waals surface area contributed by atoms with E-state index in [2.05, 4.69) is 10.6 Å². The fourth-order valence-corrected chi connectivity index (χ4v) is 3.25. The van der Waals surface area contributed by atoms with E-state index in [1.807, 2.05) is 35.2 Å². The second-order valence-electron chi connectivity index (χ2n) is 6.03. The smallest absolute Gasteiger partial charge is 0.397 e. The fourth-order valence-electron chi connectivity index (χ4n) is 3.25. The van der Waals surface area contributed by atoms with Crippen LogP contribution in [0.2, 0.25) is 0 Å². The van der Waals surface area contributed by atoms with Crippen molar-refractivity contribution in [2.75, 3.05) is 42.6 Å². The van der Waals surface area contributed by atoms with Gasteiger partial charge in [-0.1, -0.05) is 30.3 Å². The Morgan fingerprint density at radius 1 is 1.20 bits per heavy atom. The Hall–Kier alpha value is -2.41. The summed E-state index contributed by atoms with van der Waals surface area (Å²) in [5.74, 6) is 0. The van der Waals surface area contributed by atoms with Crippen LogP contribution < -0.4 is 21.3 Å². The van der Waals surface area contributed by atoms with Crippen molar-refractivity contribution < 1.29 is 13.2 Å². The van der Waals surface area contributed by atoms with Gasteiger partial charge in [0.1, 0.15) is 0 Å². The zero-order valence-electron chi connectivity index (χ0n) is 13.9. The number of nitrogens with one attached hydrogen (secondary N) is 2. The summed E-state index contributed by atoms with van der Waals surface area (Å²) in [4.78, 5) is 1.81. The summed E-state index contributed by atoms with van der Waals surface area (Å²) in [6.07, 6.45) is -4.47. The SMILES string of the molecule is CNc1cc(N2CCNCC2c2ccccc2)c(C(F)(F)F)cc1N. The van der Waals surface area contributed by atoms with E-state index in [1.165, 1.54) is 6.07 Å². The summed E-state index contributed by atoms with van der Waals surface area (Å²) >= 11 is 0. The number of anilines is 3. The molecule has 1 aliphatic rings. The Morgan fingerprint density at radius 3 is 2.56 bits per heavy atom. The molecule has 2 aromatic carbocycles. The normalized spacial score (nSPS) is 18.2. The van der Waals surface area contributed by atoms with E-state index in [1.54, 1.807) is 7.05 Å². The number of nitrogens with two attached hydrogens (primary N) is 1. The van der Waals surface area contributed by atoms with Gasteiger partial charge in [-0.3, -0.25) is 0 Å². The lowest BCUT2D eigenvalue weighted by Gasteiger charge is -2.39. The first-order valence-corrected chi connectivity index (χ1v) is 8.12. The molecule has 1 saturated heterocycles. The van der Waals surface area contributed by atoms with Crippen LogP contribution in [0.4, 0.5) is 30.2 Å². The van der Waals surface area contributed by atoms with Crippen molar-refractivity contribution in [3.05, 3.63) is 53.6 Å². The predicted octanol–water partition coefficient (Wildman–Crippen LogP) is 3.48. The second kappa shape index (κ2) is 6.84. The lowest BCUT2D eigenvalue weighted by atomic mass is 10.00. The molecule has 0 aliphatic carbocycles. The van der Waals surface area contributed by atoms with Crippen molar-refractivity contribution in [1.29, 1.82) is 0 Å². The van der Waals surface area contributed by atoms with Gasteiger partial charge in [0.05, 0.1) is 28.7 Å². The summed E-state index contributed by atoms with van der Waals surface area (Å²) in [6.45, 7) is 1.69. The van der Waals surface area contributed by atoms with E-state index >= 15 is 0 Å². The molecule has 0 saturated carbocycles. The Kier molecular flexibility index (Phi) is 4.76. The molecule has 4 N–H and O–H groups in total.